The molecule has 5 nitrogen and oxygen atoms in total. The number of halogens is 2. The van der Waals surface area contributed by atoms with Crippen LogP contribution in [0.5, 0.6) is 5.75 Å². The summed E-state index contributed by atoms with van der Waals surface area (Å²) in [4.78, 5) is 9.92. The van der Waals surface area contributed by atoms with Gasteiger partial charge in [0.1, 0.15) is 0 Å². The van der Waals surface area contributed by atoms with Crippen LogP contribution >= 0.6 is 0 Å². The zero-order valence-corrected chi connectivity index (χ0v) is 9.44. The lowest BCUT2D eigenvalue weighted by Gasteiger charge is -2.08. The summed E-state index contributed by atoms with van der Waals surface area (Å²) in [5.41, 5.74) is 0.230. The van der Waals surface area contributed by atoms with Crippen molar-refractivity contribution in [1.29, 1.82) is 0 Å². The van der Waals surface area contributed by atoms with Gasteiger partial charge in [0.25, 0.3) is 0 Å². The largest absolute Gasteiger partial charge is 0.427 e. The highest BCUT2D eigenvalue weighted by Crippen LogP contribution is 2.29. The lowest BCUT2D eigenvalue weighted by molar-refractivity contribution is -0.386. The van der Waals surface area contributed by atoms with E-state index in [9.17, 15) is 18.9 Å². The van der Waals surface area contributed by atoms with Crippen LogP contribution in [-0.2, 0) is 6.54 Å². The molecule has 1 fully saturated rings. The number of nitrogens with zero attached hydrogens (tertiary/aromatic N) is 1. The Labute approximate surface area is 102 Å². The molecule has 0 unspecified atom stereocenters. The van der Waals surface area contributed by atoms with E-state index in [4.69, 9.17) is 0 Å². The normalized spacial score (nSPS) is 14.8. The van der Waals surface area contributed by atoms with E-state index in [0.717, 1.165) is 12.8 Å². The van der Waals surface area contributed by atoms with Gasteiger partial charge in [-0.2, -0.15) is 8.78 Å². The summed E-state index contributed by atoms with van der Waals surface area (Å²) in [7, 11) is 0. The van der Waals surface area contributed by atoms with Gasteiger partial charge in [0, 0.05) is 18.7 Å². The monoisotopic (exact) mass is 258 g/mol. The molecule has 2 rings (SSSR count). The minimum Gasteiger partial charge on any atom is -0.427 e. The Hall–Kier alpha value is -1.76. The molecule has 0 aliphatic heterocycles. The SMILES string of the molecule is O=[N+]([O-])c1ccc(CNC2CC2)cc1OC(F)F. The minimum atomic E-state index is -3.07. The van der Waals surface area contributed by atoms with Gasteiger partial charge in [-0.3, -0.25) is 10.1 Å². The molecule has 0 aromatic heterocycles. The first-order valence-electron chi connectivity index (χ1n) is 5.52. The van der Waals surface area contributed by atoms with Crippen molar-refractivity contribution < 1.29 is 18.4 Å². The number of alkyl halides is 2. The highest BCUT2D eigenvalue weighted by molar-refractivity contribution is 5.48. The Morgan fingerprint density at radius 2 is 2.22 bits per heavy atom. The molecular weight excluding hydrogens is 246 g/mol. The molecule has 1 aliphatic rings. The summed E-state index contributed by atoms with van der Waals surface area (Å²) in [5.74, 6) is -0.398. The summed E-state index contributed by atoms with van der Waals surface area (Å²) >= 11 is 0. The van der Waals surface area contributed by atoms with Crippen LogP contribution in [0, 0.1) is 10.1 Å². The van der Waals surface area contributed by atoms with Gasteiger partial charge in [-0.25, -0.2) is 0 Å². The Bertz CT molecular complexity index is 450. The van der Waals surface area contributed by atoms with Crippen molar-refractivity contribution in [3.05, 3.63) is 33.9 Å². The number of hydrogen-bond donors (Lipinski definition) is 1. The smallest absolute Gasteiger partial charge is 0.387 e. The third kappa shape index (κ3) is 3.36. The molecule has 1 N–H and O–H groups in total. The Morgan fingerprint density at radius 3 is 2.78 bits per heavy atom. The van der Waals surface area contributed by atoms with Gasteiger partial charge in [-0.1, -0.05) is 6.07 Å². The number of nitro groups is 1. The fraction of sp³-hybridized carbons (Fsp3) is 0.455. The predicted molar refractivity (Wildman–Crippen MR) is 59.6 cm³/mol. The average Bonchev–Trinajstić information content (AvgIpc) is 3.09. The standard InChI is InChI=1S/C11H12F2N2O3/c12-11(13)18-10-5-7(6-14-8-2-3-8)1-4-9(10)15(16)17/h1,4-5,8,11,14H,2-3,6H2. The summed E-state index contributed by atoms with van der Waals surface area (Å²) in [6, 6.07) is 4.47. The molecule has 0 bridgehead atoms. The molecule has 1 aromatic rings. The quantitative estimate of drug-likeness (QED) is 0.628. The third-order valence-electron chi connectivity index (χ3n) is 2.61. The zero-order valence-electron chi connectivity index (χ0n) is 9.44. The van der Waals surface area contributed by atoms with Gasteiger partial charge >= 0.3 is 12.3 Å². The molecule has 0 heterocycles. The summed E-state index contributed by atoms with van der Waals surface area (Å²) in [5, 5.41) is 13.8. The molecule has 1 aliphatic carbocycles. The van der Waals surface area contributed by atoms with Gasteiger partial charge in [-0.15, -0.1) is 0 Å². The molecule has 0 radical (unpaired) electrons. The third-order valence-corrected chi connectivity index (χ3v) is 2.61. The van der Waals surface area contributed by atoms with Gasteiger partial charge in [-0.05, 0) is 24.5 Å². The van der Waals surface area contributed by atoms with Crippen LogP contribution in [0.15, 0.2) is 18.2 Å². The van der Waals surface area contributed by atoms with Crippen molar-refractivity contribution in [3.8, 4) is 5.75 Å². The van der Waals surface area contributed by atoms with Crippen LogP contribution in [0.4, 0.5) is 14.5 Å². The molecule has 0 atom stereocenters. The Kier molecular flexibility index (Phi) is 3.71. The molecule has 0 spiro atoms. The van der Waals surface area contributed by atoms with Crippen molar-refractivity contribution in [3.63, 3.8) is 0 Å². The van der Waals surface area contributed by atoms with Crippen molar-refractivity contribution in [2.24, 2.45) is 0 Å². The molecule has 1 aromatic carbocycles. The first-order chi connectivity index (χ1) is 8.56. The molecule has 1 saturated carbocycles. The topological polar surface area (TPSA) is 64.4 Å². The summed E-state index contributed by atoms with van der Waals surface area (Å²) < 4.78 is 28.5. The lowest BCUT2D eigenvalue weighted by Crippen LogP contribution is -2.15. The molecule has 18 heavy (non-hydrogen) atoms. The first kappa shape index (κ1) is 12.7. The number of rotatable bonds is 6. The van der Waals surface area contributed by atoms with Gasteiger partial charge < -0.3 is 10.1 Å². The van der Waals surface area contributed by atoms with Gasteiger partial charge in [0.05, 0.1) is 4.92 Å². The van der Waals surface area contributed by atoms with Crippen molar-refractivity contribution in [1.82, 2.24) is 5.32 Å². The van der Waals surface area contributed by atoms with E-state index in [2.05, 4.69) is 10.1 Å². The average molecular weight is 258 g/mol. The van der Waals surface area contributed by atoms with E-state index in [1.54, 1.807) is 0 Å². The van der Waals surface area contributed by atoms with E-state index in [1.165, 1.54) is 18.2 Å². The van der Waals surface area contributed by atoms with E-state index < -0.39 is 23.0 Å². The van der Waals surface area contributed by atoms with Crippen LogP contribution in [0.2, 0.25) is 0 Å². The Morgan fingerprint density at radius 1 is 1.50 bits per heavy atom. The second kappa shape index (κ2) is 5.26. The molecule has 7 heteroatoms. The first-order valence-corrected chi connectivity index (χ1v) is 5.52. The number of benzene rings is 1. The molecule has 98 valence electrons. The number of ether oxygens (including phenoxy) is 1. The number of nitro benzene ring substituents is 1. The van der Waals surface area contributed by atoms with Gasteiger partial charge in [0.2, 0.25) is 5.75 Å². The highest BCUT2D eigenvalue weighted by Gasteiger charge is 2.22. The van der Waals surface area contributed by atoms with Crippen LogP contribution in [0.25, 0.3) is 0 Å². The van der Waals surface area contributed by atoms with E-state index >= 15 is 0 Å². The maximum absolute atomic E-state index is 12.2. The number of hydrogen-bond acceptors (Lipinski definition) is 4. The summed E-state index contributed by atoms with van der Waals surface area (Å²) in [6.45, 7) is -2.59. The van der Waals surface area contributed by atoms with E-state index in [-0.39, 0.29) is 0 Å². The van der Waals surface area contributed by atoms with Crippen LogP contribution in [0.1, 0.15) is 18.4 Å². The van der Waals surface area contributed by atoms with Crippen LogP contribution < -0.4 is 10.1 Å². The van der Waals surface area contributed by atoms with Crippen molar-refractivity contribution in [2.45, 2.75) is 32.0 Å². The van der Waals surface area contributed by atoms with Crippen molar-refractivity contribution in [2.75, 3.05) is 0 Å². The lowest BCUT2D eigenvalue weighted by atomic mass is 10.2. The molecule has 0 amide bonds. The van der Waals surface area contributed by atoms with E-state index in [1.807, 2.05) is 0 Å². The number of nitrogens with one attached hydrogen (secondary N) is 1. The maximum atomic E-state index is 12.2. The second-order valence-corrected chi connectivity index (χ2v) is 4.09. The predicted octanol–water partition coefficient (Wildman–Crippen LogP) is 2.45. The van der Waals surface area contributed by atoms with E-state index in [0.29, 0.717) is 18.2 Å². The maximum Gasteiger partial charge on any atom is 0.387 e. The fourth-order valence-electron chi connectivity index (χ4n) is 1.56. The minimum absolute atomic E-state index is 0.398. The summed E-state index contributed by atoms with van der Waals surface area (Å²) in [6.07, 6.45) is 2.21. The zero-order chi connectivity index (χ0) is 13.1. The molecule has 0 saturated heterocycles. The van der Waals surface area contributed by atoms with Crippen molar-refractivity contribution >= 4 is 5.69 Å². The fourth-order valence-corrected chi connectivity index (χ4v) is 1.56. The van der Waals surface area contributed by atoms with Crippen LogP contribution in [-0.4, -0.2) is 17.6 Å². The van der Waals surface area contributed by atoms with Crippen LogP contribution in [0.3, 0.4) is 0 Å². The highest BCUT2D eigenvalue weighted by atomic mass is 19.3. The second-order valence-electron chi connectivity index (χ2n) is 4.09. The molecular formula is C11H12F2N2O3. The Balaban J connectivity index is 2.14. The van der Waals surface area contributed by atoms with Gasteiger partial charge in [0.15, 0.2) is 0 Å².